The average molecular weight is 316 g/mol. The predicted octanol–water partition coefficient (Wildman–Crippen LogP) is 1.91. The Hall–Kier alpha value is -1.72. The first kappa shape index (κ1) is 16.1. The highest BCUT2D eigenvalue weighted by Crippen LogP contribution is 2.24. The number of benzene rings is 1. The minimum absolute atomic E-state index is 0.174. The average Bonchev–Trinajstić information content (AvgIpc) is 3.05. The standard InChI is InChI=1S/C18H24N2O3/c1-13(21)12-14-6-4-9-19(14)10-5-11-20-17(22)15-7-2-3-8-16(15)18(20)23/h2-3,7-8,13-14,21H,4-6,9-12H2,1H3. The van der Waals surface area contributed by atoms with Crippen molar-refractivity contribution in [1.82, 2.24) is 9.80 Å². The van der Waals surface area contributed by atoms with Gasteiger partial charge in [-0.15, -0.1) is 0 Å². The lowest BCUT2D eigenvalue weighted by atomic mass is 10.1. The number of fused-ring (bicyclic) bond motifs is 1. The van der Waals surface area contributed by atoms with Gasteiger partial charge in [-0.2, -0.15) is 0 Å². The van der Waals surface area contributed by atoms with E-state index in [1.807, 2.05) is 6.92 Å². The molecule has 0 radical (unpaired) electrons. The molecule has 1 aromatic carbocycles. The van der Waals surface area contributed by atoms with Gasteiger partial charge in [-0.1, -0.05) is 12.1 Å². The summed E-state index contributed by atoms with van der Waals surface area (Å²) in [6, 6.07) is 7.44. The Labute approximate surface area is 136 Å². The zero-order valence-electron chi connectivity index (χ0n) is 13.6. The molecule has 2 heterocycles. The highest BCUT2D eigenvalue weighted by atomic mass is 16.3. The summed E-state index contributed by atoms with van der Waals surface area (Å²) >= 11 is 0. The second-order valence-electron chi connectivity index (χ2n) is 6.58. The zero-order chi connectivity index (χ0) is 16.4. The van der Waals surface area contributed by atoms with Crippen LogP contribution in [0, 0.1) is 0 Å². The van der Waals surface area contributed by atoms with Crippen molar-refractivity contribution in [2.24, 2.45) is 0 Å². The van der Waals surface area contributed by atoms with Gasteiger partial charge in [0.05, 0.1) is 17.2 Å². The number of amides is 2. The van der Waals surface area contributed by atoms with E-state index >= 15 is 0 Å². The van der Waals surface area contributed by atoms with E-state index in [4.69, 9.17) is 0 Å². The fourth-order valence-electron chi connectivity index (χ4n) is 3.72. The van der Waals surface area contributed by atoms with Crippen LogP contribution in [-0.2, 0) is 0 Å². The SMILES string of the molecule is CC(O)CC1CCCN1CCCN1C(=O)c2ccccc2C1=O. The molecule has 124 valence electrons. The maximum atomic E-state index is 12.3. The summed E-state index contributed by atoms with van der Waals surface area (Å²) in [6.45, 7) is 4.20. The maximum Gasteiger partial charge on any atom is 0.261 e. The molecule has 0 saturated carbocycles. The largest absolute Gasteiger partial charge is 0.393 e. The summed E-state index contributed by atoms with van der Waals surface area (Å²) in [6.07, 6.45) is 3.58. The second kappa shape index (κ2) is 6.81. The third kappa shape index (κ3) is 3.31. The van der Waals surface area contributed by atoms with Crippen molar-refractivity contribution < 1.29 is 14.7 Å². The molecule has 0 bridgehead atoms. The topological polar surface area (TPSA) is 60.9 Å². The van der Waals surface area contributed by atoms with Crippen molar-refractivity contribution in [1.29, 1.82) is 0 Å². The molecule has 3 rings (SSSR count). The third-order valence-corrected chi connectivity index (χ3v) is 4.82. The quantitative estimate of drug-likeness (QED) is 0.815. The number of hydrogen-bond donors (Lipinski definition) is 1. The summed E-state index contributed by atoms with van der Waals surface area (Å²) in [5.41, 5.74) is 1.04. The van der Waals surface area contributed by atoms with Gasteiger partial charge in [0.25, 0.3) is 11.8 Å². The minimum atomic E-state index is -0.281. The fraction of sp³-hybridized carbons (Fsp3) is 0.556. The Balaban J connectivity index is 1.54. The number of carbonyl (C=O) groups excluding carboxylic acids is 2. The van der Waals surface area contributed by atoms with Gasteiger partial charge in [-0.05, 0) is 51.3 Å². The molecule has 5 heteroatoms. The molecule has 1 aromatic rings. The van der Waals surface area contributed by atoms with Crippen LogP contribution in [0.4, 0.5) is 0 Å². The van der Waals surface area contributed by atoms with E-state index in [2.05, 4.69) is 4.90 Å². The van der Waals surface area contributed by atoms with Crippen LogP contribution >= 0.6 is 0 Å². The predicted molar refractivity (Wildman–Crippen MR) is 87.3 cm³/mol. The zero-order valence-corrected chi connectivity index (χ0v) is 13.6. The summed E-state index contributed by atoms with van der Waals surface area (Å²) in [4.78, 5) is 28.4. The number of rotatable bonds is 6. The lowest BCUT2D eigenvalue weighted by Gasteiger charge is -2.26. The minimum Gasteiger partial charge on any atom is -0.393 e. The van der Waals surface area contributed by atoms with E-state index < -0.39 is 0 Å². The van der Waals surface area contributed by atoms with Crippen molar-refractivity contribution >= 4 is 11.8 Å². The van der Waals surface area contributed by atoms with Gasteiger partial charge in [-0.25, -0.2) is 0 Å². The van der Waals surface area contributed by atoms with Crippen molar-refractivity contribution in [3.63, 3.8) is 0 Å². The maximum absolute atomic E-state index is 12.3. The Morgan fingerprint density at radius 1 is 1.17 bits per heavy atom. The van der Waals surface area contributed by atoms with Crippen LogP contribution in [0.25, 0.3) is 0 Å². The van der Waals surface area contributed by atoms with Gasteiger partial charge in [-0.3, -0.25) is 14.5 Å². The van der Waals surface area contributed by atoms with Crippen molar-refractivity contribution in [3.05, 3.63) is 35.4 Å². The second-order valence-corrected chi connectivity index (χ2v) is 6.58. The van der Waals surface area contributed by atoms with Crippen LogP contribution < -0.4 is 0 Å². The van der Waals surface area contributed by atoms with Crippen molar-refractivity contribution in [2.45, 2.75) is 44.8 Å². The first-order chi connectivity index (χ1) is 11.1. The summed E-state index contributed by atoms with van der Waals surface area (Å²) in [5.74, 6) is -0.347. The van der Waals surface area contributed by atoms with Crippen molar-refractivity contribution in [3.8, 4) is 0 Å². The number of imide groups is 1. The lowest BCUT2D eigenvalue weighted by molar-refractivity contribution is 0.0645. The first-order valence-corrected chi connectivity index (χ1v) is 8.45. The Morgan fingerprint density at radius 3 is 2.43 bits per heavy atom. The number of carbonyl (C=O) groups is 2. The normalized spacial score (nSPS) is 22.7. The van der Waals surface area contributed by atoms with Gasteiger partial charge in [0, 0.05) is 19.1 Å². The van der Waals surface area contributed by atoms with Crippen LogP contribution in [0.1, 0.15) is 53.3 Å². The van der Waals surface area contributed by atoms with Gasteiger partial charge in [0.1, 0.15) is 0 Å². The van der Waals surface area contributed by atoms with Crippen LogP contribution in [-0.4, -0.2) is 58.5 Å². The molecule has 2 unspecified atom stereocenters. The molecule has 1 saturated heterocycles. The lowest BCUT2D eigenvalue weighted by Crippen LogP contribution is -2.36. The first-order valence-electron chi connectivity index (χ1n) is 8.45. The summed E-state index contributed by atoms with van der Waals surface area (Å²) in [7, 11) is 0. The molecule has 0 spiro atoms. The molecule has 0 aromatic heterocycles. The number of hydrogen-bond acceptors (Lipinski definition) is 4. The Bertz CT molecular complexity index is 565. The third-order valence-electron chi connectivity index (χ3n) is 4.82. The highest BCUT2D eigenvalue weighted by Gasteiger charge is 2.35. The van der Waals surface area contributed by atoms with Gasteiger partial charge in [0.2, 0.25) is 0 Å². The number of aliphatic hydroxyl groups excluding tert-OH is 1. The van der Waals surface area contributed by atoms with E-state index in [9.17, 15) is 14.7 Å². The molecule has 2 amide bonds. The van der Waals surface area contributed by atoms with E-state index in [-0.39, 0.29) is 17.9 Å². The van der Waals surface area contributed by atoms with Gasteiger partial charge < -0.3 is 10.0 Å². The molecular formula is C18H24N2O3. The van der Waals surface area contributed by atoms with E-state index in [1.54, 1.807) is 24.3 Å². The monoisotopic (exact) mass is 316 g/mol. The number of aliphatic hydroxyl groups is 1. The molecule has 2 aliphatic rings. The molecule has 1 N–H and O–H groups in total. The van der Waals surface area contributed by atoms with E-state index in [0.29, 0.717) is 23.7 Å². The highest BCUT2D eigenvalue weighted by molar-refractivity contribution is 6.21. The smallest absolute Gasteiger partial charge is 0.261 e. The Morgan fingerprint density at radius 2 is 1.83 bits per heavy atom. The molecule has 0 aliphatic carbocycles. The van der Waals surface area contributed by atoms with Gasteiger partial charge in [0.15, 0.2) is 0 Å². The van der Waals surface area contributed by atoms with Crippen LogP contribution in [0.2, 0.25) is 0 Å². The molecule has 23 heavy (non-hydrogen) atoms. The van der Waals surface area contributed by atoms with Gasteiger partial charge >= 0.3 is 0 Å². The number of nitrogens with zero attached hydrogens (tertiary/aromatic N) is 2. The molecule has 2 atom stereocenters. The Kier molecular flexibility index (Phi) is 4.78. The molecule has 5 nitrogen and oxygen atoms in total. The summed E-state index contributed by atoms with van der Waals surface area (Å²) in [5, 5.41) is 9.57. The van der Waals surface area contributed by atoms with Crippen molar-refractivity contribution in [2.75, 3.05) is 19.6 Å². The van der Waals surface area contributed by atoms with E-state index in [1.165, 1.54) is 4.90 Å². The summed E-state index contributed by atoms with van der Waals surface area (Å²) < 4.78 is 0. The van der Waals surface area contributed by atoms with E-state index in [0.717, 1.165) is 38.8 Å². The van der Waals surface area contributed by atoms with Crippen LogP contribution in [0.3, 0.4) is 0 Å². The number of likely N-dealkylation sites (tertiary alicyclic amines) is 1. The molecule has 2 aliphatic heterocycles. The fourth-order valence-corrected chi connectivity index (χ4v) is 3.72. The van der Waals surface area contributed by atoms with Crippen LogP contribution in [0.5, 0.6) is 0 Å². The molecular weight excluding hydrogens is 292 g/mol. The van der Waals surface area contributed by atoms with Crippen LogP contribution in [0.15, 0.2) is 24.3 Å². The molecule has 1 fully saturated rings.